The third-order valence-electron chi connectivity index (χ3n) is 2.17. The maximum Gasteiger partial charge on any atom is 0.250 e. The molecule has 0 aliphatic rings. The van der Waals surface area contributed by atoms with Crippen LogP contribution < -0.4 is 10.5 Å². The molecule has 3 heterocycles. The summed E-state index contributed by atoms with van der Waals surface area (Å²) in [4.78, 5) is 14.9. The van der Waals surface area contributed by atoms with Gasteiger partial charge in [-0.2, -0.15) is 15.1 Å². The van der Waals surface area contributed by atoms with E-state index in [1.54, 1.807) is 24.1 Å². The number of H-pyrrole nitrogens is 1. The lowest BCUT2D eigenvalue weighted by Crippen LogP contribution is -1.98. The molecule has 0 radical (unpaired) electrons. The van der Waals surface area contributed by atoms with Crippen LogP contribution in [-0.4, -0.2) is 29.7 Å². The number of fused-ring (bicyclic) bond motifs is 1. The molecule has 0 saturated heterocycles. The Hall–Kier alpha value is -2.64. The molecule has 0 bridgehead atoms. The van der Waals surface area contributed by atoms with Gasteiger partial charge in [0.25, 0.3) is 5.88 Å². The van der Waals surface area contributed by atoms with E-state index in [0.29, 0.717) is 22.8 Å². The number of nitrogens with one attached hydrogen (secondary N) is 1. The summed E-state index contributed by atoms with van der Waals surface area (Å²) >= 11 is 0. The smallest absolute Gasteiger partial charge is 0.250 e. The molecule has 3 aromatic rings. The molecule has 0 unspecified atom stereocenters. The summed E-state index contributed by atoms with van der Waals surface area (Å²) in [6.45, 7) is 0. The van der Waals surface area contributed by atoms with Crippen LogP contribution in [-0.2, 0) is 7.05 Å². The number of aromatic nitrogens is 6. The molecule has 0 amide bonds. The number of rotatable bonds is 2. The van der Waals surface area contributed by atoms with Gasteiger partial charge in [-0.15, -0.1) is 0 Å². The maximum absolute atomic E-state index is 5.57. The van der Waals surface area contributed by atoms with Crippen LogP contribution in [0.5, 0.6) is 11.6 Å². The third kappa shape index (κ3) is 1.65. The number of hydrogen-bond donors (Lipinski definition) is 2. The molecule has 0 saturated carbocycles. The molecule has 0 aliphatic carbocycles. The predicted octanol–water partition coefficient (Wildman–Crippen LogP) is 0.461. The topological polar surface area (TPSA) is 108 Å². The lowest BCUT2D eigenvalue weighted by atomic mass is 10.5. The Morgan fingerprint density at radius 1 is 1.41 bits per heavy atom. The number of aryl methyl sites for hydroxylation is 1. The number of nitrogens with two attached hydrogens (primary N) is 1. The van der Waals surface area contributed by atoms with Crippen molar-refractivity contribution in [3.05, 3.63) is 18.7 Å². The predicted molar refractivity (Wildman–Crippen MR) is 59.4 cm³/mol. The highest BCUT2D eigenvalue weighted by atomic mass is 16.5. The highest BCUT2D eigenvalue weighted by Gasteiger charge is 2.11. The van der Waals surface area contributed by atoms with Crippen molar-refractivity contribution in [2.75, 3.05) is 5.73 Å². The van der Waals surface area contributed by atoms with Crippen LogP contribution in [0.15, 0.2) is 18.7 Å². The lowest BCUT2D eigenvalue weighted by Gasteiger charge is -2.02. The van der Waals surface area contributed by atoms with E-state index in [2.05, 4.69) is 25.0 Å². The first-order valence-electron chi connectivity index (χ1n) is 4.85. The van der Waals surface area contributed by atoms with Crippen LogP contribution in [0.25, 0.3) is 11.2 Å². The lowest BCUT2D eigenvalue weighted by molar-refractivity contribution is 0.467. The Balaban J connectivity index is 2.07. The van der Waals surface area contributed by atoms with Gasteiger partial charge in [-0.05, 0) is 0 Å². The minimum Gasteiger partial charge on any atom is -0.434 e. The number of hydrogen-bond acceptors (Lipinski definition) is 6. The molecule has 0 atom stereocenters. The van der Waals surface area contributed by atoms with Crippen LogP contribution in [0.3, 0.4) is 0 Å². The first-order valence-corrected chi connectivity index (χ1v) is 4.85. The van der Waals surface area contributed by atoms with Crippen LogP contribution in [0.1, 0.15) is 0 Å². The minimum atomic E-state index is 0.114. The maximum atomic E-state index is 5.57. The van der Waals surface area contributed by atoms with E-state index >= 15 is 0 Å². The fourth-order valence-corrected chi connectivity index (χ4v) is 1.46. The third-order valence-corrected chi connectivity index (χ3v) is 2.17. The van der Waals surface area contributed by atoms with Crippen molar-refractivity contribution in [3.63, 3.8) is 0 Å². The molecule has 86 valence electrons. The van der Waals surface area contributed by atoms with Gasteiger partial charge in [-0.3, -0.25) is 4.68 Å². The number of nitrogens with zero attached hydrogens (tertiary/aromatic N) is 5. The van der Waals surface area contributed by atoms with Crippen LogP contribution >= 0.6 is 0 Å². The van der Waals surface area contributed by atoms with Gasteiger partial charge in [0.15, 0.2) is 11.4 Å². The van der Waals surface area contributed by atoms with Crippen molar-refractivity contribution in [1.82, 2.24) is 29.7 Å². The Labute approximate surface area is 95.5 Å². The molecule has 0 fully saturated rings. The first kappa shape index (κ1) is 9.58. The normalized spacial score (nSPS) is 10.9. The molecule has 3 rings (SSSR count). The molecule has 17 heavy (non-hydrogen) atoms. The molecule has 8 heteroatoms. The van der Waals surface area contributed by atoms with Gasteiger partial charge in [-0.25, -0.2) is 4.98 Å². The molecule has 0 aliphatic heterocycles. The van der Waals surface area contributed by atoms with Crippen LogP contribution in [0.4, 0.5) is 5.95 Å². The minimum absolute atomic E-state index is 0.114. The second kappa shape index (κ2) is 3.44. The van der Waals surface area contributed by atoms with E-state index in [-0.39, 0.29) is 5.95 Å². The largest absolute Gasteiger partial charge is 0.434 e. The number of imidazole rings is 1. The van der Waals surface area contributed by atoms with E-state index in [1.807, 2.05) is 0 Å². The van der Waals surface area contributed by atoms with Crippen LogP contribution in [0, 0.1) is 0 Å². The Bertz CT molecular complexity index is 671. The number of aromatic amines is 1. The molecule has 3 N–H and O–H groups in total. The fraction of sp³-hybridized carbons (Fsp3) is 0.111. The van der Waals surface area contributed by atoms with E-state index in [9.17, 15) is 0 Å². The quantitative estimate of drug-likeness (QED) is 0.663. The van der Waals surface area contributed by atoms with Crippen molar-refractivity contribution in [2.24, 2.45) is 7.05 Å². The molecule has 0 aromatic carbocycles. The van der Waals surface area contributed by atoms with E-state index in [4.69, 9.17) is 10.5 Å². The Kier molecular flexibility index (Phi) is 1.94. The number of nitrogen functional groups attached to an aromatic ring is 1. The summed E-state index contributed by atoms with van der Waals surface area (Å²) in [5.74, 6) is 1.02. The zero-order valence-electron chi connectivity index (χ0n) is 8.95. The monoisotopic (exact) mass is 231 g/mol. The summed E-state index contributed by atoms with van der Waals surface area (Å²) in [5, 5.41) is 3.99. The van der Waals surface area contributed by atoms with Gasteiger partial charge in [-0.1, -0.05) is 0 Å². The SMILES string of the molecule is Cn1cc(Oc2nc(N)nc3nc[nH]c23)cn1. The molecular formula is C9H9N7O. The standard InChI is InChI=1S/C9H9N7O/c1-16-3-5(2-13-16)17-8-6-7(12-4-11-6)14-9(10)15-8/h2-4H,1H3,(H3,10,11,12,14,15). The summed E-state index contributed by atoms with van der Waals surface area (Å²) < 4.78 is 7.19. The fourth-order valence-electron chi connectivity index (χ4n) is 1.46. The van der Waals surface area contributed by atoms with Crippen molar-refractivity contribution in [2.45, 2.75) is 0 Å². The van der Waals surface area contributed by atoms with Crippen molar-refractivity contribution in [1.29, 1.82) is 0 Å². The number of ether oxygens (including phenoxy) is 1. The van der Waals surface area contributed by atoms with E-state index in [1.165, 1.54) is 6.33 Å². The van der Waals surface area contributed by atoms with Crippen LogP contribution in [0.2, 0.25) is 0 Å². The second-order valence-electron chi connectivity index (χ2n) is 3.44. The summed E-state index contributed by atoms with van der Waals surface area (Å²) in [6.07, 6.45) is 4.82. The Morgan fingerprint density at radius 2 is 2.29 bits per heavy atom. The zero-order valence-corrected chi connectivity index (χ0v) is 8.95. The van der Waals surface area contributed by atoms with Gasteiger partial charge in [0.1, 0.15) is 5.52 Å². The van der Waals surface area contributed by atoms with Gasteiger partial charge >= 0.3 is 0 Å². The first-order chi connectivity index (χ1) is 8.22. The zero-order chi connectivity index (χ0) is 11.8. The highest BCUT2D eigenvalue weighted by molar-refractivity contribution is 5.76. The van der Waals surface area contributed by atoms with Crippen molar-refractivity contribution in [3.8, 4) is 11.6 Å². The summed E-state index contributed by atoms with van der Waals surface area (Å²) in [5.41, 5.74) is 6.63. The van der Waals surface area contributed by atoms with Crippen molar-refractivity contribution >= 4 is 17.1 Å². The average molecular weight is 231 g/mol. The summed E-state index contributed by atoms with van der Waals surface area (Å²) in [7, 11) is 1.80. The molecular weight excluding hydrogens is 222 g/mol. The second-order valence-corrected chi connectivity index (χ2v) is 3.44. The molecule has 3 aromatic heterocycles. The molecule has 8 nitrogen and oxygen atoms in total. The molecule has 0 spiro atoms. The highest BCUT2D eigenvalue weighted by Crippen LogP contribution is 2.25. The summed E-state index contributed by atoms with van der Waals surface area (Å²) in [6, 6.07) is 0. The van der Waals surface area contributed by atoms with Gasteiger partial charge in [0, 0.05) is 7.05 Å². The van der Waals surface area contributed by atoms with E-state index < -0.39 is 0 Å². The van der Waals surface area contributed by atoms with Crippen molar-refractivity contribution < 1.29 is 4.74 Å². The van der Waals surface area contributed by atoms with E-state index in [0.717, 1.165) is 0 Å². The Morgan fingerprint density at radius 3 is 3.06 bits per heavy atom. The van der Waals surface area contributed by atoms with Gasteiger partial charge in [0.2, 0.25) is 5.95 Å². The van der Waals surface area contributed by atoms with Gasteiger partial charge in [0.05, 0.1) is 18.7 Å². The van der Waals surface area contributed by atoms with Gasteiger partial charge < -0.3 is 15.5 Å². The number of anilines is 1. The average Bonchev–Trinajstić information content (AvgIpc) is 2.87.